The highest BCUT2D eigenvalue weighted by atomic mass is 19.1. The number of pyridine rings is 1. The number of hydrogen-bond acceptors (Lipinski definition) is 6. The molecule has 1 saturated heterocycles. The summed E-state index contributed by atoms with van der Waals surface area (Å²) in [6.45, 7) is 4.42. The molecule has 11 nitrogen and oxygen atoms in total. The van der Waals surface area contributed by atoms with Crippen LogP contribution in [-0.4, -0.2) is 72.0 Å². The van der Waals surface area contributed by atoms with E-state index in [1.165, 1.54) is 11.0 Å². The van der Waals surface area contributed by atoms with Crippen LogP contribution in [0.2, 0.25) is 0 Å². The smallest absolute Gasteiger partial charge is 0.407 e. The molecule has 0 radical (unpaired) electrons. The zero-order valence-electron chi connectivity index (χ0n) is 22.8. The van der Waals surface area contributed by atoms with Crippen LogP contribution in [0.3, 0.4) is 0 Å². The largest absolute Gasteiger partial charge is 0.493 e. The molecule has 1 saturated carbocycles. The Hall–Kier alpha value is -4.45. The molecule has 4 aromatic rings. The molecule has 2 aliphatic rings. The van der Waals surface area contributed by atoms with Gasteiger partial charge in [-0.05, 0) is 62.8 Å². The van der Waals surface area contributed by atoms with Crippen LogP contribution in [0.1, 0.15) is 54.1 Å². The summed E-state index contributed by atoms with van der Waals surface area (Å²) < 4.78 is 24.0. The molecule has 1 aliphatic carbocycles. The summed E-state index contributed by atoms with van der Waals surface area (Å²) in [5, 5.41) is 28.3. The van der Waals surface area contributed by atoms with Gasteiger partial charge in [0.15, 0.2) is 5.82 Å². The fourth-order valence-corrected chi connectivity index (χ4v) is 5.36. The van der Waals surface area contributed by atoms with Gasteiger partial charge < -0.3 is 25.2 Å². The Kier molecular flexibility index (Phi) is 6.65. The number of aliphatic hydroxyl groups is 1. The summed E-state index contributed by atoms with van der Waals surface area (Å²) in [6, 6.07) is 4.79. The zero-order chi connectivity index (χ0) is 28.9. The third-order valence-corrected chi connectivity index (χ3v) is 7.85. The number of imidazole rings is 1. The number of fused-ring (bicyclic) bond motifs is 1. The van der Waals surface area contributed by atoms with Gasteiger partial charge in [0.25, 0.3) is 5.91 Å². The summed E-state index contributed by atoms with van der Waals surface area (Å²) >= 11 is 0. The molecule has 2 fully saturated rings. The maximum atomic E-state index is 14.7. The second kappa shape index (κ2) is 10.2. The van der Waals surface area contributed by atoms with Crippen LogP contribution >= 0.6 is 0 Å². The van der Waals surface area contributed by atoms with E-state index in [1.54, 1.807) is 52.9 Å². The monoisotopic (exact) mass is 562 g/mol. The average molecular weight is 563 g/mol. The van der Waals surface area contributed by atoms with Gasteiger partial charge in [-0.25, -0.2) is 18.9 Å². The highest BCUT2D eigenvalue weighted by molar-refractivity contribution is 5.96. The third-order valence-electron chi connectivity index (χ3n) is 7.85. The predicted octanol–water partition coefficient (Wildman–Crippen LogP) is 3.89. The Bertz CT molecular complexity index is 1650. The molecule has 0 spiro atoms. The second-order valence-corrected chi connectivity index (χ2v) is 10.7. The number of nitrogens with one attached hydrogen (secondary N) is 1. The zero-order valence-corrected chi connectivity index (χ0v) is 22.8. The minimum atomic E-state index is -1.29. The van der Waals surface area contributed by atoms with E-state index >= 15 is 0 Å². The molecule has 1 aromatic carbocycles. The Morgan fingerprint density at radius 3 is 2.61 bits per heavy atom. The van der Waals surface area contributed by atoms with Crippen molar-refractivity contribution in [3.63, 3.8) is 0 Å². The number of likely N-dealkylation sites (tertiary alicyclic amines) is 1. The van der Waals surface area contributed by atoms with E-state index in [0.29, 0.717) is 46.1 Å². The van der Waals surface area contributed by atoms with Gasteiger partial charge >= 0.3 is 6.09 Å². The van der Waals surface area contributed by atoms with Gasteiger partial charge in [-0.3, -0.25) is 9.20 Å². The van der Waals surface area contributed by atoms with Gasteiger partial charge in [0.05, 0.1) is 30.2 Å². The van der Waals surface area contributed by atoms with Crippen LogP contribution in [-0.2, 0) is 5.60 Å². The quantitative estimate of drug-likeness (QED) is 0.311. The Morgan fingerprint density at radius 1 is 1.17 bits per heavy atom. The van der Waals surface area contributed by atoms with E-state index in [1.807, 2.05) is 6.92 Å². The van der Waals surface area contributed by atoms with Crippen LogP contribution < -0.4 is 10.1 Å². The van der Waals surface area contributed by atoms with Gasteiger partial charge in [0, 0.05) is 48.7 Å². The lowest BCUT2D eigenvalue weighted by atomic mass is 9.85. The van der Waals surface area contributed by atoms with Crippen LogP contribution in [0.4, 0.5) is 9.18 Å². The van der Waals surface area contributed by atoms with Crippen molar-refractivity contribution in [1.82, 2.24) is 29.4 Å². The number of carboxylic acid groups (broad SMARTS) is 1. The molecule has 2 amide bonds. The summed E-state index contributed by atoms with van der Waals surface area (Å²) in [5.41, 5.74) is 1.88. The molecule has 41 heavy (non-hydrogen) atoms. The molecule has 3 aromatic heterocycles. The van der Waals surface area contributed by atoms with Crippen molar-refractivity contribution in [3.05, 3.63) is 65.5 Å². The van der Waals surface area contributed by atoms with Crippen molar-refractivity contribution in [1.29, 1.82) is 0 Å². The SMILES string of the molecule is CCOc1cc2ncc(-n3cc(-c4cc(C(=O)NC5CC5)c(F)cc4C)cn3)n2cc1C1(O)CCN(C(=O)O)CC1. The van der Waals surface area contributed by atoms with Gasteiger partial charge in [-0.1, -0.05) is 0 Å². The lowest BCUT2D eigenvalue weighted by Gasteiger charge is -2.38. The lowest BCUT2D eigenvalue weighted by molar-refractivity contribution is -0.0234. The number of carbonyl (C=O) groups excluding carboxylic acids is 1. The van der Waals surface area contributed by atoms with E-state index in [9.17, 15) is 24.2 Å². The predicted molar refractivity (Wildman–Crippen MR) is 147 cm³/mol. The minimum absolute atomic E-state index is 0.00432. The molecular weight excluding hydrogens is 531 g/mol. The Morgan fingerprint density at radius 2 is 1.93 bits per heavy atom. The van der Waals surface area contributed by atoms with E-state index in [-0.39, 0.29) is 37.5 Å². The number of aromatic nitrogens is 4. The number of piperidine rings is 1. The fraction of sp³-hybridized carbons (Fsp3) is 0.379. The molecule has 0 unspecified atom stereocenters. The van der Waals surface area contributed by atoms with Gasteiger partial charge in [-0.2, -0.15) is 5.10 Å². The number of nitrogens with zero attached hydrogens (tertiary/aromatic N) is 5. The molecule has 3 N–H and O–H groups in total. The summed E-state index contributed by atoms with van der Waals surface area (Å²) in [4.78, 5) is 29.8. The van der Waals surface area contributed by atoms with Crippen molar-refractivity contribution in [3.8, 4) is 22.7 Å². The normalized spacial score (nSPS) is 16.6. The number of hydrogen-bond donors (Lipinski definition) is 3. The number of amides is 2. The number of aryl methyl sites for hydroxylation is 1. The molecule has 4 heterocycles. The van der Waals surface area contributed by atoms with Crippen molar-refractivity contribution in [2.24, 2.45) is 0 Å². The topological polar surface area (TPSA) is 134 Å². The van der Waals surface area contributed by atoms with Gasteiger partial charge in [0.1, 0.15) is 17.2 Å². The fourth-order valence-electron chi connectivity index (χ4n) is 5.36. The minimum Gasteiger partial charge on any atom is -0.493 e. The molecule has 12 heteroatoms. The molecule has 1 aliphatic heterocycles. The number of ether oxygens (including phenoxy) is 1. The highest BCUT2D eigenvalue weighted by Gasteiger charge is 2.38. The van der Waals surface area contributed by atoms with Crippen LogP contribution in [0.25, 0.3) is 22.6 Å². The summed E-state index contributed by atoms with van der Waals surface area (Å²) in [6.07, 6.45) is 8.09. The van der Waals surface area contributed by atoms with Crippen LogP contribution in [0.15, 0.2) is 43.0 Å². The van der Waals surface area contributed by atoms with Crippen LogP contribution in [0, 0.1) is 12.7 Å². The van der Waals surface area contributed by atoms with E-state index in [2.05, 4.69) is 15.4 Å². The number of rotatable bonds is 7. The lowest BCUT2D eigenvalue weighted by Crippen LogP contribution is -2.44. The molecule has 0 bridgehead atoms. The van der Waals surface area contributed by atoms with E-state index < -0.39 is 23.4 Å². The van der Waals surface area contributed by atoms with E-state index in [0.717, 1.165) is 12.8 Å². The Balaban J connectivity index is 1.36. The molecule has 214 valence electrons. The summed E-state index contributed by atoms with van der Waals surface area (Å²) in [5.74, 6) is 0.0885. The van der Waals surface area contributed by atoms with Gasteiger partial charge in [-0.15, -0.1) is 0 Å². The maximum Gasteiger partial charge on any atom is 0.407 e. The maximum absolute atomic E-state index is 14.7. The van der Waals surface area contributed by atoms with E-state index in [4.69, 9.17) is 4.74 Å². The van der Waals surface area contributed by atoms with Crippen molar-refractivity contribution in [2.75, 3.05) is 19.7 Å². The Labute approximate surface area is 235 Å². The first-order chi connectivity index (χ1) is 19.7. The highest BCUT2D eigenvalue weighted by Crippen LogP contribution is 2.39. The standard InChI is InChI=1S/C29H31FN6O5/c1-3-41-24-12-25-31-14-26(35(25)16-22(24)29(40)6-8-34(9-7-29)28(38)39)36-15-18(13-32-36)20-11-21(23(30)10-17(20)2)27(37)33-19-4-5-19/h10-16,19,40H,3-9H2,1-2H3,(H,33,37)(H,38,39). The number of halogens is 1. The van der Waals surface area contributed by atoms with Crippen molar-refractivity contribution < 1.29 is 28.9 Å². The number of benzene rings is 1. The number of carbonyl (C=O) groups is 2. The van der Waals surface area contributed by atoms with Gasteiger partial charge in [0.2, 0.25) is 0 Å². The van der Waals surface area contributed by atoms with Crippen LogP contribution in [0.5, 0.6) is 5.75 Å². The first-order valence-electron chi connectivity index (χ1n) is 13.7. The first kappa shape index (κ1) is 26.8. The van der Waals surface area contributed by atoms with Crippen molar-refractivity contribution in [2.45, 2.75) is 51.2 Å². The van der Waals surface area contributed by atoms with Crippen molar-refractivity contribution >= 4 is 17.6 Å². The first-order valence-corrected chi connectivity index (χ1v) is 13.7. The second-order valence-electron chi connectivity index (χ2n) is 10.7. The molecular formula is C29H31FN6O5. The average Bonchev–Trinajstić information content (AvgIpc) is 3.45. The summed E-state index contributed by atoms with van der Waals surface area (Å²) in [7, 11) is 0. The third kappa shape index (κ3) is 4.99. The molecule has 0 atom stereocenters. The molecule has 6 rings (SSSR count).